The second kappa shape index (κ2) is 5.36. The zero-order valence-corrected chi connectivity index (χ0v) is 13.3. The minimum atomic E-state index is -3.56. The zero-order chi connectivity index (χ0) is 15.2. The predicted molar refractivity (Wildman–Crippen MR) is 80.0 cm³/mol. The van der Waals surface area contributed by atoms with Crippen LogP contribution in [0.1, 0.15) is 36.8 Å². The third-order valence-electron chi connectivity index (χ3n) is 5.11. The number of hydrogen-bond donors (Lipinski definition) is 1. The van der Waals surface area contributed by atoms with Crippen LogP contribution in [0.5, 0.6) is 0 Å². The number of sulfonamides is 1. The summed E-state index contributed by atoms with van der Waals surface area (Å²) in [6.07, 6.45) is 4.96. The largest absolute Gasteiger partial charge is 0.241 e. The molecule has 3 unspecified atom stereocenters. The Morgan fingerprint density at radius 2 is 1.86 bits per heavy atom. The number of rotatable bonds is 4. The van der Waals surface area contributed by atoms with Gasteiger partial charge in [-0.1, -0.05) is 6.42 Å². The molecule has 2 aliphatic rings. The van der Waals surface area contributed by atoms with Gasteiger partial charge in [0.15, 0.2) is 0 Å². The van der Waals surface area contributed by atoms with E-state index in [1.807, 2.05) is 0 Å². The molecule has 0 aliphatic heterocycles. The summed E-state index contributed by atoms with van der Waals surface area (Å²) in [7, 11) is -3.56. The number of fused-ring (bicyclic) bond motifs is 2. The van der Waals surface area contributed by atoms with Gasteiger partial charge in [0.05, 0.1) is 4.90 Å². The predicted octanol–water partition coefficient (Wildman–Crippen LogP) is 3.16. The summed E-state index contributed by atoms with van der Waals surface area (Å²) in [5, 5.41) is 0. The van der Waals surface area contributed by atoms with Crippen LogP contribution < -0.4 is 4.72 Å². The summed E-state index contributed by atoms with van der Waals surface area (Å²) in [5.41, 5.74) is 0.931. The molecule has 2 fully saturated rings. The quantitative estimate of drug-likeness (QED) is 0.928. The maximum absolute atomic E-state index is 13.3. The summed E-state index contributed by atoms with van der Waals surface area (Å²) < 4.78 is 41.1. The topological polar surface area (TPSA) is 46.2 Å². The molecule has 116 valence electrons. The SMILES string of the molecule is Cc1cc(F)cc(C)c1S(=O)(=O)NCC1CC2CCC1C2. The number of benzene rings is 1. The van der Waals surface area contributed by atoms with Crippen LogP contribution in [0.25, 0.3) is 0 Å². The third-order valence-corrected chi connectivity index (χ3v) is 6.84. The molecule has 1 aromatic rings. The van der Waals surface area contributed by atoms with E-state index in [0.717, 1.165) is 12.3 Å². The molecular formula is C16H22FNO2S. The fourth-order valence-electron chi connectivity index (χ4n) is 4.24. The van der Waals surface area contributed by atoms with Gasteiger partial charge in [0.1, 0.15) is 5.82 Å². The molecule has 3 rings (SSSR count). The van der Waals surface area contributed by atoms with Crippen LogP contribution in [0.2, 0.25) is 0 Å². The van der Waals surface area contributed by atoms with E-state index in [1.165, 1.54) is 31.4 Å². The van der Waals surface area contributed by atoms with Gasteiger partial charge in [-0.3, -0.25) is 0 Å². The van der Waals surface area contributed by atoms with Crippen LogP contribution in [0, 0.1) is 37.4 Å². The molecule has 3 atom stereocenters. The molecule has 2 bridgehead atoms. The van der Waals surface area contributed by atoms with Gasteiger partial charge in [-0.15, -0.1) is 0 Å². The van der Waals surface area contributed by atoms with Crippen molar-refractivity contribution in [2.75, 3.05) is 6.54 Å². The van der Waals surface area contributed by atoms with Crippen molar-refractivity contribution >= 4 is 10.0 Å². The van der Waals surface area contributed by atoms with Gasteiger partial charge in [-0.2, -0.15) is 0 Å². The minimum absolute atomic E-state index is 0.229. The fourth-order valence-corrected chi connectivity index (χ4v) is 5.78. The lowest BCUT2D eigenvalue weighted by Crippen LogP contribution is -2.32. The van der Waals surface area contributed by atoms with Crippen molar-refractivity contribution in [3.8, 4) is 0 Å². The van der Waals surface area contributed by atoms with Crippen LogP contribution >= 0.6 is 0 Å². The van der Waals surface area contributed by atoms with E-state index in [0.29, 0.717) is 29.5 Å². The molecule has 0 spiro atoms. The molecule has 1 N–H and O–H groups in total. The highest BCUT2D eigenvalue weighted by atomic mass is 32.2. The third kappa shape index (κ3) is 2.86. The summed E-state index contributed by atoms with van der Waals surface area (Å²) >= 11 is 0. The first-order chi connectivity index (χ1) is 9.87. The lowest BCUT2D eigenvalue weighted by molar-refractivity contribution is 0.332. The van der Waals surface area contributed by atoms with Crippen LogP contribution in [0.3, 0.4) is 0 Å². The van der Waals surface area contributed by atoms with Crippen molar-refractivity contribution in [3.05, 3.63) is 29.1 Å². The Kier molecular flexibility index (Phi) is 3.82. The van der Waals surface area contributed by atoms with E-state index in [9.17, 15) is 12.8 Å². The molecule has 2 aliphatic carbocycles. The number of nitrogens with one attached hydrogen (secondary N) is 1. The average Bonchev–Trinajstić information content (AvgIpc) is 2.96. The summed E-state index contributed by atoms with van der Waals surface area (Å²) in [4.78, 5) is 0.229. The number of aryl methyl sites for hydroxylation is 2. The van der Waals surface area contributed by atoms with Gasteiger partial charge >= 0.3 is 0 Å². The van der Waals surface area contributed by atoms with Gasteiger partial charge in [-0.25, -0.2) is 17.5 Å². The van der Waals surface area contributed by atoms with Crippen molar-refractivity contribution in [2.24, 2.45) is 17.8 Å². The van der Waals surface area contributed by atoms with E-state index in [2.05, 4.69) is 4.72 Å². The van der Waals surface area contributed by atoms with Gasteiger partial charge < -0.3 is 0 Å². The Labute approximate surface area is 126 Å². The highest BCUT2D eigenvalue weighted by Gasteiger charge is 2.39. The fraction of sp³-hybridized carbons (Fsp3) is 0.625. The van der Waals surface area contributed by atoms with Crippen LogP contribution in [-0.4, -0.2) is 15.0 Å². The van der Waals surface area contributed by atoms with Crippen molar-refractivity contribution < 1.29 is 12.8 Å². The Bertz CT molecular complexity index is 633. The Morgan fingerprint density at radius 1 is 1.19 bits per heavy atom. The zero-order valence-electron chi connectivity index (χ0n) is 12.5. The molecule has 2 saturated carbocycles. The first-order valence-corrected chi connectivity index (χ1v) is 9.11. The molecule has 0 aromatic heterocycles. The van der Waals surface area contributed by atoms with Crippen LogP contribution in [0.15, 0.2) is 17.0 Å². The molecule has 0 amide bonds. The molecule has 21 heavy (non-hydrogen) atoms. The highest BCUT2D eigenvalue weighted by Crippen LogP contribution is 2.48. The minimum Gasteiger partial charge on any atom is -0.211 e. The van der Waals surface area contributed by atoms with Crippen LogP contribution in [-0.2, 0) is 10.0 Å². The summed E-state index contributed by atoms with van der Waals surface area (Å²) in [5.74, 6) is 1.57. The maximum atomic E-state index is 13.3. The van der Waals surface area contributed by atoms with Gasteiger partial charge in [-0.05, 0) is 74.1 Å². The Hall–Kier alpha value is -0.940. The Balaban J connectivity index is 1.75. The molecule has 5 heteroatoms. The number of hydrogen-bond acceptors (Lipinski definition) is 2. The van der Waals surface area contributed by atoms with E-state index in [-0.39, 0.29) is 4.90 Å². The van der Waals surface area contributed by atoms with Crippen molar-refractivity contribution in [1.29, 1.82) is 0 Å². The van der Waals surface area contributed by atoms with Gasteiger partial charge in [0, 0.05) is 6.54 Å². The van der Waals surface area contributed by atoms with Crippen molar-refractivity contribution in [3.63, 3.8) is 0 Å². The normalized spacial score (nSPS) is 28.2. The summed E-state index contributed by atoms with van der Waals surface area (Å²) in [6, 6.07) is 2.55. The lowest BCUT2D eigenvalue weighted by Gasteiger charge is -2.22. The molecule has 1 aromatic carbocycles. The maximum Gasteiger partial charge on any atom is 0.241 e. The van der Waals surface area contributed by atoms with Crippen LogP contribution in [0.4, 0.5) is 4.39 Å². The first-order valence-electron chi connectivity index (χ1n) is 7.63. The van der Waals surface area contributed by atoms with E-state index in [1.54, 1.807) is 13.8 Å². The monoisotopic (exact) mass is 311 g/mol. The van der Waals surface area contributed by atoms with Gasteiger partial charge in [0.2, 0.25) is 10.0 Å². The first kappa shape index (κ1) is 15.0. The van der Waals surface area contributed by atoms with Gasteiger partial charge in [0.25, 0.3) is 0 Å². The standard InChI is InChI=1S/C16H22FNO2S/c1-10-5-15(17)6-11(2)16(10)21(19,20)18-9-14-8-12-3-4-13(14)7-12/h5-6,12-14,18H,3-4,7-9H2,1-2H3. The van der Waals surface area contributed by atoms with E-state index >= 15 is 0 Å². The lowest BCUT2D eigenvalue weighted by atomic mass is 9.89. The summed E-state index contributed by atoms with van der Waals surface area (Å²) in [6.45, 7) is 3.80. The molecule has 0 radical (unpaired) electrons. The van der Waals surface area contributed by atoms with Crippen molar-refractivity contribution in [2.45, 2.75) is 44.4 Å². The molecule has 0 saturated heterocycles. The highest BCUT2D eigenvalue weighted by molar-refractivity contribution is 7.89. The molecular weight excluding hydrogens is 289 g/mol. The molecule has 3 nitrogen and oxygen atoms in total. The van der Waals surface area contributed by atoms with E-state index in [4.69, 9.17) is 0 Å². The Morgan fingerprint density at radius 3 is 2.38 bits per heavy atom. The smallest absolute Gasteiger partial charge is 0.211 e. The van der Waals surface area contributed by atoms with Crippen molar-refractivity contribution in [1.82, 2.24) is 4.72 Å². The average molecular weight is 311 g/mol. The van der Waals surface area contributed by atoms with E-state index < -0.39 is 15.8 Å². The second-order valence-electron chi connectivity index (χ2n) is 6.66. The molecule has 0 heterocycles. The second-order valence-corrected chi connectivity index (χ2v) is 8.36. The number of halogens is 1.